The molecule has 4 N–H and O–H groups in total. The first-order valence-electron chi connectivity index (χ1n) is 15.1. The number of ether oxygens (including phenoxy) is 1. The summed E-state index contributed by atoms with van der Waals surface area (Å²) in [6.45, 7) is 6.18. The van der Waals surface area contributed by atoms with Crippen molar-refractivity contribution in [2.75, 3.05) is 12.4 Å². The van der Waals surface area contributed by atoms with Crippen LogP contribution in [0, 0.1) is 5.92 Å². The van der Waals surface area contributed by atoms with Crippen LogP contribution in [0.15, 0.2) is 115 Å². The van der Waals surface area contributed by atoms with E-state index in [2.05, 4.69) is 78.7 Å². The molecule has 2 aliphatic rings. The molecular formula is C39H34N2O4S. The predicted octanol–water partition coefficient (Wildman–Crippen LogP) is 6.85. The number of hydrogen-bond donors (Lipinski definition) is 4. The molecule has 1 aliphatic heterocycles. The van der Waals surface area contributed by atoms with Gasteiger partial charge in [-0.05, 0) is 98.5 Å². The zero-order chi connectivity index (χ0) is 32.4. The number of thiocarbonyl (C=S) groups is 1. The van der Waals surface area contributed by atoms with E-state index < -0.39 is 12.1 Å². The summed E-state index contributed by atoms with van der Waals surface area (Å²) in [5.74, 6) is -0.580. The third kappa shape index (κ3) is 5.97. The number of aryl methyl sites for hydroxylation is 1. The molecule has 0 aromatic heterocycles. The van der Waals surface area contributed by atoms with Crippen LogP contribution in [-0.4, -0.2) is 34.4 Å². The van der Waals surface area contributed by atoms with Crippen LogP contribution in [0.5, 0.6) is 5.75 Å². The van der Waals surface area contributed by atoms with Crippen LogP contribution in [0.2, 0.25) is 0 Å². The number of anilines is 1. The molecule has 7 heteroatoms. The number of carboxylic acids is 1. The highest BCUT2D eigenvalue weighted by Gasteiger charge is 2.33. The molecule has 1 heterocycles. The number of benzene rings is 5. The normalized spacial score (nSPS) is 16.3. The van der Waals surface area contributed by atoms with Crippen LogP contribution < -0.4 is 25.8 Å². The minimum atomic E-state index is -1.05. The Kier molecular flexibility index (Phi) is 8.59. The van der Waals surface area contributed by atoms with Gasteiger partial charge in [0.05, 0.1) is 5.56 Å². The zero-order valence-electron chi connectivity index (χ0n) is 25.6. The molecule has 46 heavy (non-hydrogen) atoms. The van der Waals surface area contributed by atoms with Gasteiger partial charge in [-0.15, -0.1) is 0 Å². The smallest absolute Gasteiger partial charge is 0.336 e. The first kappa shape index (κ1) is 30.6. The van der Waals surface area contributed by atoms with Gasteiger partial charge in [0, 0.05) is 23.9 Å². The number of allylic oxidation sites excluding steroid dienone is 1. The monoisotopic (exact) mass is 626 g/mol. The Morgan fingerprint density at radius 3 is 2.30 bits per heavy atom. The van der Waals surface area contributed by atoms with Crippen molar-refractivity contribution in [3.63, 3.8) is 0 Å². The van der Waals surface area contributed by atoms with Gasteiger partial charge in [-0.1, -0.05) is 86.3 Å². The molecule has 2 atom stereocenters. The topological polar surface area (TPSA) is 90.8 Å². The van der Waals surface area contributed by atoms with Crippen LogP contribution in [0.25, 0.3) is 33.7 Å². The minimum absolute atomic E-state index is 0.114. The van der Waals surface area contributed by atoms with Crippen molar-refractivity contribution in [2.45, 2.75) is 19.4 Å². The molecule has 5 aromatic rings. The number of fused-ring (bicyclic) bond motifs is 4. The lowest BCUT2D eigenvalue weighted by Crippen LogP contribution is -2.37. The summed E-state index contributed by atoms with van der Waals surface area (Å²) < 4.78 is 6.10. The fourth-order valence-corrected chi connectivity index (χ4v) is 6.38. The first-order valence-corrected chi connectivity index (χ1v) is 15.5. The van der Waals surface area contributed by atoms with E-state index in [0.29, 0.717) is 22.1 Å². The predicted molar refractivity (Wildman–Crippen MR) is 191 cm³/mol. The fraction of sp³-hybridized carbons (Fsp3) is 0.128. The van der Waals surface area contributed by atoms with E-state index in [9.17, 15) is 15.0 Å². The number of nitrogens with one attached hydrogen (secondary N) is 2. The molecule has 230 valence electrons. The highest BCUT2D eigenvalue weighted by molar-refractivity contribution is 7.80. The van der Waals surface area contributed by atoms with Crippen molar-refractivity contribution < 1.29 is 19.7 Å². The number of rotatable bonds is 4. The molecule has 2 unspecified atom stereocenters. The van der Waals surface area contributed by atoms with Crippen molar-refractivity contribution in [2.24, 2.45) is 5.92 Å². The summed E-state index contributed by atoms with van der Waals surface area (Å²) in [5.41, 5.74) is 3.59. The number of carboxylic acid groups (broad SMARTS) is 1. The van der Waals surface area contributed by atoms with Crippen LogP contribution in [0.1, 0.15) is 28.4 Å². The molecule has 0 fully saturated rings. The summed E-state index contributed by atoms with van der Waals surface area (Å²) in [4.78, 5) is 12.1. The summed E-state index contributed by atoms with van der Waals surface area (Å²) >= 11 is 5.12. The average molecular weight is 627 g/mol. The van der Waals surface area contributed by atoms with Crippen LogP contribution in [-0.2, 0) is 6.42 Å². The van der Waals surface area contributed by atoms with E-state index in [1.165, 1.54) is 27.1 Å². The maximum atomic E-state index is 12.1. The Morgan fingerprint density at radius 1 is 0.957 bits per heavy atom. The maximum Gasteiger partial charge on any atom is 0.336 e. The molecule has 5 aromatic carbocycles. The average Bonchev–Trinajstić information content (AvgIpc) is 3.06. The lowest BCUT2D eigenvalue weighted by molar-refractivity contribution is 0.0696. The van der Waals surface area contributed by atoms with E-state index in [1.54, 1.807) is 37.4 Å². The zero-order valence-corrected chi connectivity index (χ0v) is 26.4. The van der Waals surface area contributed by atoms with Gasteiger partial charge in [0.1, 0.15) is 17.6 Å². The molecular weight excluding hydrogens is 593 g/mol. The van der Waals surface area contributed by atoms with Crippen molar-refractivity contribution in [3.8, 4) is 5.75 Å². The van der Waals surface area contributed by atoms with E-state index in [1.807, 2.05) is 24.3 Å². The summed E-state index contributed by atoms with van der Waals surface area (Å²) in [6, 6.07) is 30.3. The Bertz CT molecular complexity index is 2130. The molecule has 6 nitrogen and oxygen atoms in total. The van der Waals surface area contributed by atoms with E-state index in [-0.39, 0.29) is 17.2 Å². The van der Waals surface area contributed by atoms with Crippen molar-refractivity contribution in [1.82, 2.24) is 5.32 Å². The van der Waals surface area contributed by atoms with Crippen LogP contribution in [0.4, 0.5) is 5.69 Å². The van der Waals surface area contributed by atoms with E-state index >= 15 is 0 Å². The molecule has 7 rings (SSSR count). The number of hydrogen-bond acceptors (Lipinski definition) is 4. The van der Waals surface area contributed by atoms with Gasteiger partial charge in [-0.2, -0.15) is 0 Å². The molecule has 0 saturated heterocycles. The number of aliphatic hydroxyl groups excluding tert-OH is 1. The molecule has 0 saturated carbocycles. The molecule has 1 aliphatic carbocycles. The molecule has 0 radical (unpaired) electrons. The Hall–Kier alpha value is -5.40. The van der Waals surface area contributed by atoms with Crippen molar-refractivity contribution >= 4 is 62.7 Å². The van der Waals surface area contributed by atoms with Gasteiger partial charge < -0.3 is 25.6 Å². The second-order valence-corrected chi connectivity index (χ2v) is 11.6. The van der Waals surface area contributed by atoms with Gasteiger partial charge in [-0.3, -0.25) is 0 Å². The van der Waals surface area contributed by atoms with Gasteiger partial charge in [0.2, 0.25) is 0 Å². The summed E-state index contributed by atoms with van der Waals surface area (Å²) in [6.07, 6.45) is 5.71. The third-order valence-corrected chi connectivity index (χ3v) is 8.66. The number of carbonyl (C=O) groups is 1. The lowest BCUT2D eigenvalue weighted by Gasteiger charge is -2.33. The number of aliphatic hydroxyl groups is 1. The summed E-state index contributed by atoms with van der Waals surface area (Å²) in [7, 11) is 1.69. The van der Waals surface area contributed by atoms with E-state index in [4.69, 9.17) is 17.0 Å². The van der Waals surface area contributed by atoms with Gasteiger partial charge in [0.15, 0.2) is 5.11 Å². The number of aromatic carboxylic acids is 1. The molecule has 0 bridgehead atoms. The lowest BCUT2D eigenvalue weighted by atomic mass is 9.80. The SMILES string of the molecule is C=c1ccc2c(c1)OC1C=C(O)C=CC1C=2c1ccc(NC(=S)NC)cc1C(=O)O.CCc1c2ccccc2cc2ccccc12. The molecule has 0 spiro atoms. The highest BCUT2D eigenvalue weighted by Crippen LogP contribution is 2.37. The maximum absolute atomic E-state index is 12.1. The largest absolute Gasteiger partial charge is 0.508 e. The standard InChI is InChI=1S/C23H20N2O4S.C16H14/c1-12-3-6-16-19(9-12)29-20-11-14(26)5-8-17(20)21(16)15-7-4-13(25-23(30)24-2)10-18(15)22(27)28;1-2-14-15-9-5-3-7-12(15)11-13-8-4-6-10-16(13)14/h3-11,17,20,26H,1H2,2H3,(H,27,28)(H2,24,25,30);3-11H,2H2,1H3. The first-order chi connectivity index (χ1) is 22.3. The van der Waals surface area contributed by atoms with Gasteiger partial charge >= 0.3 is 5.97 Å². The Labute approximate surface area is 272 Å². The van der Waals surface area contributed by atoms with Crippen molar-refractivity contribution in [1.29, 1.82) is 0 Å². The van der Waals surface area contributed by atoms with E-state index in [0.717, 1.165) is 22.4 Å². The fourth-order valence-electron chi connectivity index (χ4n) is 6.26. The van der Waals surface area contributed by atoms with Crippen molar-refractivity contribution in [3.05, 3.63) is 142 Å². The highest BCUT2D eigenvalue weighted by atomic mass is 32.1. The minimum Gasteiger partial charge on any atom is -0.508 e. The van der Waals surface area contributed by atoms with Gasteiger partial charge in [-0.25, -0.2) is 4.79 Å². The Balaban J connectivity index is 0.000000194. The Morgan fingerprint density at radius 2 is 1.65 bits per heavy atom. The van der Waals surface area contributed by atoms with Crippen LogP contribution >= 0.6 is 12.2 Å². The second-order valence-electron chi connectivity index (χ2n) is 11.2. The second kappa shape index (κ2) is 12.9. The summed E-state index contributed by atoms with van der Waals surface area (Å²) in [5, 5.41) is 33.1. The molecule has 0 amide bonds. The van der Waals surface area contributed by atoms with Crippen LogP contribution in [0.3, 0.4) is 0 Å². The quantitative estimate of drug-likeness (QED) is 0.128. The van der Waals surface area contributed by atoms with Gasteiger partial charge in [0.25, 0.3) is 0 Å². The third-order valence-electron chi connectivity index (χ3n) is 8.36.